The summed E-state index contributed by atoms with van der Waals surface area (Å²) < 4.78 is 5.47. The number of amides is 1. The van der Waals surface area contributed by atoms with E-state index in [-0.39, 0.29) is 24.0 Å². The van der Waals surface area contributed by atoms with Crippen LogP contribution >= 0.6 is 0 Å². The molecule has 0 fully saturated rings. The van der Waals surface area contributed by atoms with Gasteiger partial charge in [0.05, 0.1) is 4.92 Å². The number of hydrogen-bond donors (Lipinski definition) is 1. The smallest absolute Gasteiger partial charge is 0.270 e. The van der Waals surface area contributed by atoms with E-state index in [2.05, 4.69) is 5.32 Å². The molecule has 3 rings (SSSR count). The number of carbonyl (C=O) groups excluding carboxylic acids is 2. The maximum absolute atomic E-state index is 12.3. The Bertz CT molecular complexity index is 1140. The van der Waals surface area contributed by atoms with E-state index >= 15 is 0 Å². The van der Waals surface area contributed by atoms with Crippen molar-refractivity contribution in [1.29, 1.82) is 0 Å². The van der Waals surface area contributed by atoms with Crippen molar-refractivity contribution in [3.63, 3.8) is 0 Å². The van der Waals surface area contributed by atoms with Gasteiger partial charge in [0.1, 0.15) is 5.75 Å². The molecule has 3 aromatic rings. The zero-order valence-corrected chi connectivity index (χ0v) is 16.8. The van der Waals surface area contributed by atoms with E-state index in [0.29, 0.717) is 16.9 Å². The van der Waals surface area contributed by atoms with E-state index in [4.69, 9.17) is 4.74 Å². The lowest BCUT2D eigenvalue weighted by Crippen LogP contribution is -2.20. The fourth-order valence-corrected chi connectivity index (χ4v) is 2.77. The topological polar surface area (TPSA) is 98.5 Å². The standard InChI is InChI=1S/C24H20N2O5/c1-17-5-2-3-8-22(17)25-24(28)16-31-21-12-10-19(11-13-21)23(27)14-9-18-6-4-7-20(15-18)26(29)30/h2-15H,16H2,1H3,(H,25,28)/b14-9+. The van der Waals surface area contributed by atoms with E-state index in [1.165, 1.54) is 24.3 Å². The number of rotatable bonds is 8. The Morgan fingerprint density at radius 3 is 2.48 bits per heavy atom. The SMILES string of the molecule is Cc1ccccc1NC(=O)COc1ccc(C(=O)/C=C/c2cccc([N+](=O)[O-])c2)cc1. The molecule has 0 aliphatic carbocycles. The lowest BCUT2D eigenvalue weighted by atomic mass is 10.1. The number of ether oxygens (including phenoxy) is 1. The van der Waals surface area contributed by atoms with Crippen molar-refractivity contribution in [3.8, 4) is 5.75 Å². The van der Waals surface area contributed by atoms with Gasteiger partial charge in [-0.1, -0.05) is 36.4 Å². The van der Waals surface area contributed by atoms with Gasteiger partial charge in [0, 0.05) is 23.4 Å². The molecule has 3 aromatic carbocycles. The van der Waals surface area contributed by atoms with Gasteiger partial charge in [-0.15, -0.1) is 0 Å². The van der Waals surface area contributed by atoms with Crippen LogP contribution in [0.2, 0.25) is 0 Å². The third-order valence-corrected chi connectivity index (χ3v) is 4.44. The van der Waals surface area contributed by atoms with Crippen molar-refractivity contribution in [2.45, 2.75) is 6.92 Å². The average Bonchev–Trinajstić information content (AvgIpc) is 2.78. The molecule has 0 atom stereocenters. The van der Waals surface area contributed by atoms with E-state index < -0.39 is 4.92 Å². The Hall–Kier alpha value is -4.26. The molecule has 1 amide bonds. The van der Waals surface area contributed by atoms with Crippen LogP contribution in [-0.2, 0) is 4.79 Å². The molecular formula is C24H20N2O5. The van der Waals surface area contributed by atoms with Gasteiger partial charge in [-0.05, 0) is 54.5 Å². The molecule has 0 saturated heterocycles. The van der Waals surface area contributed by atoms with Crippen molar-refractivity contribution in [1.82, 2.24) is 0 Å². The third-order valence-electron chi connectivity index (χ3n) is 4.44. The third kappa shape index (κ3) is 6.11. The summed E-state index contributed by atoms with van der Waals surface area (Å²) in [6.45, 7) is 1.74. The number of hydrogen-bond acceptors (Lipinski definition) is 5. The van der Waals surface area contributed by atoms with E-state index in [9.17, 15) is 19.7 Å². The monoisotopic (exact) mass is 416 g/mol. The second kappa shape index (κ2) is 9.98. The zero-order valence-electron chi connectivity index (χ0n) is 16.8. The molecule has 1 N–H and O–H groups in total. The normalized spacial score (nSPS) is 10.6. The number of benzene rings is 3. The fourth-order valence-electron chi connectivity index (χ4n) is 2.77. The highest BCUT2D eigenvalue weighted by molar-refractivity contribution is 6.06. The number of non-ortho nitro benzene ring substituents is 1. The van der Waals surface area contributed by atoms with Crippen LogP contribution in [0.4, 0.5) is 11.4 Å². The van der Waals surface area contributed by atoms with Gasteiger partial charge in [-0.2, -0.15) is 0 Å². The maximum atomic E-state index is 12.3. The van der Waals surface area contributed by atoms with Crippen LogP contribution in [0.3, 0.4) is 0 Å². The summed E-state index contributed by atoms with van der Waals surface area (Å²) in [5, 5.41) is 13.6. The molecular weight excluding hydrogens is 396 g/mol. The van der Waals surface area contributed by atoms with Crippen molar-refractivity contribution in [2.24, 2.45) is 0 Å². The molecule has 0 saturated carbocycles. The summed E-state index contributed by atoms with van der Waals surface area (Å²) in [5.41, 5.74) is 2.63. The Labute approximate surface area is 179 Å². The van der Waals surface area contributed by atoms with Crippen LogP contribution < -0.4 is 10.1 Å². The van der Waals surface area contributed by atoms with Crippen molar-refractivity contribution >= 4 is 29.1 Å². The fraction of sp³-hybridized carbons (Fsp3) is 0.0833. The summed E-state index contributed by atoms with van der Waals surface area (Å²) in [4.78, 5) is 34.7. The summed E-state index contributed by atoms with van der Waals surface area (Å²) in [7, 11) is 0. The minimum Gasteiger partial charge on any atom is -0.484 e. The average molecular weight is 416 g/mol. The minimum absolute atomic E-state index is 0.0393. The second-order valence-corrected chi connectivity index (χ2v) is 6.73. The lowest BCUT2D eigenvalue weighted by Gasteiger charge is -2.09. The number of nitro benzene ring substituents is 1. The van der Waals surface area contributed by atoms with Gasteiger partial charge in [-0.3, -0.25) is 19.7 Å². The van der Waals surface area contributed by atoms with E-state index in [1.807, 2.05) is 31.2 Å². The molecule has 0 aliphatic heterocycles. The highest BCUT2D eigenvalue weighted by atomic mass is 16.6. The summed E-state index contributed by atoms with van der Waals surface area (Å²) in [6.07, 6.45) is 2.88. The number of nitro groups is 1. The number of aryl methyl sites for hydroxylation is 1. The summed E-state index contributed by atoms with van der Waals surface area (Å²) in [5.74, 6) is -0.0798. The first-order chi connectivity index (χ1) is 14.9. The summed E-state index contributed by atoms with van der Waals surface area (Å²) >= 11 is 0. The van der Waals surface area contributed by atoms with Crippen molar-refractivity contribution in [2.75, 3.05) is 11.9 Å². The minimum atomic E-state index is -0.487. The Morgan fingerprint density at radius 1 is 1.03 bits per heavy atom. The van der Waals surface area contributed by atoms with Gasteiger partial charge in [0.2, 0.25) is 0 Å². The number of para-hydroxylation sites is 1. The van der Waals surface area contributed by atoms with Gasteiger partial charge in [-0.25, -0.2) is 0 Å². The van der Waals surface area contributed by atoms with E-state index in [0.717, 1.165) is 11.3 Å². The molecule has 31 heavy (non-hydrogen) atoms. The molecule has 0 spiro atoms. The van der Waals surface area contributed by atoms with Crippen LogP contribution in [0.1, 0.15) is 21.5 Å². The predicted octanol–water partition coefficient (Wildman–Crippen LogP) is 4.82. The van der Waals surface area contributed by atoms with Gasteiger partial charge < -0.3 is 10.1 Å². The lowest BCUT2D eigenvalue weighted by molar-refractivity contribution is -0.384. The van der Waals surface area contributed by atoms with E-state index in [1.54, 1.807) is 36.4 Å². The largest absolute Gasteiger partial charge is 0.484 e. The first kappa shape index (κ1) is 21.4. The first-order valence-electron chi connectivity index (χ1n) is 9.47. The number of allylic oxidation sites excluding steroid dienone is 1. The molecule has 0 aromatic heterocycles. The molecule has 0 radical (unpaired) electrons. The number of anilines is 1. The van der Waals surface area contributed by atoms with Crippen LogP contribution in [0.5, 0.6) is 5.75 Å². The number of nitrogens with zero attached hydrogens (tertiary/aromatic N) is 1. The Balaban J connectivity index is 1.55. The van der Waals surface area contributed by atoms with Crippen LogP contribution in [0.15, 0.2) is 78.9 Å². The summed E-state index contributed by atoms with van der Waals surface area (Å²) in [6, 6.07) is 19.9. The van der Waals surface area contributed by atoms with Crippen molar-refractivity contribution in [3.05, 3.63) is 106 Å². The van der Waals surface area contributed by atoms with Gasteiger partial charge in [0.25, 0.3) is 11.6 Å². The Morgan fingerprint density at radius 2 is 1.77 bits per heavy atom. The quantitative estimate of drug-likeness (QED) is 0.246. The van der Waals surface area contributed by atoms with Gasteiger partial charge in [0.15, 0.2) is 12.4 Å². The maximum Gasteiger partial charge on any atom is 0.270 e. The highest BCUT2D eigenvalue weighted by Crippen LogP contribution is 2.17. The number of nitrogens with one attached hydrogen (secondary N) is 1. The molecule has 7 nitrogen and oxygen atoms in total. The van der Waals surface area contributed by atoms with Gasteiger partial charge >= 0.3 is 0 Å². The zero-order chi connectivity index (χ0) is 22.2. The second-order valence-electron chi connectivity index (χ2n) is 6.73. The molecule has 0 bridgehead atoms. The highest BCUT2D eigenvalue weighted by Gasteiger charge is 2.08. The molecule has 7 heteroatoms. The Kier molecular flexibility index (Phi) is 6.90. The van der Waals surface area contributed by atoms with Crippen LogP contribution in [-0.4, -0.2) is 23.2 Å². The number of carbonyl (C=O) groups is 2. The van der Waals surface area contributed by atoms with Crippen LogP contribution in [0, 0.1) is 17.0 Å². The van der Waals surface area contributed by atoms with Crippen molar-refractivity contribution < 1.29 is 19.2 Å². The predicted molar refractivity (Wildman–Crippen MR) is 118 cm³/mol. The molecule has 156 valence electrons. The molecule has 0 aliphatic rings. The number of ketones is 1. The van der Waals surface area contributed by atoms with Crippen LogP contribution in [0.25, 0.3) is 6.08 Å². The first-order valence-corrected chi connectivity index (χ1v) is 9.47. The molecule has 0 heterocycles. The molecule has 0 unspecified atom stereocenters.